The largest absolute Gasteiger partial charge is 0.454 e. The maximum Gasteiger partial charge on any atom is 0.164 e. The lowest BCUT2D eigenvalue weighted by Crippen LogP contribution is -1.91. The minimum absolute atomic E-state index is 0.375. The van der Waals surface area contributed by atoms with Crippen molar-refractivity contribution in [3.8, 4) is 11.5 Å². The van der Waals surface area contributed by atoms with E-state index in [0.29, 0.717) is 22.3 Å². The van der Waals surface area contributed by atoms with Gasteiger partial charge in [0.05, 0.1) is 11.2 Å². The SMILES string of the molecule is Nc1cc(Cl)c(Oc2ccccc2)cn1. The molecule has 0 radical (unpaired) electrons. The molecule has 0 amide bonds. The molecule has 0 aliphatic heterocycles. The van der Waals surface area contributed by atoms with Crippen molar-refractivity contribution in [2.24, 2.45) is 0 Å². The number of hydrogen-bond donors (Lipinski definition) is 1. The van der Waals surface area contributed by atoms with Crippen molar-refractivity contribution in [2.75, 3.05) is 5.73 Å². The first kappa shape index (κ1) is 9.80. The van der Waals surface area contributed by atoms with Crippen LogP contribution in [0, 0.1) is 0 Å². The van der Waals surface area contributed by atoms with Gasteiger partial charge < -0.3 is 10.5 Å². The fourth-order valence-corrected chi connectivity index (χ4v) is 1.32. The molecular weight excluding hydrogens is 212 g/mol. The van der Waals surface area contributed by atoms with Crippen molar-refractivity contribution in [1.29, 1.82) is 0 Å². The zero-order valence-corrected chi connectivity index (χ0v) is 8.61. The van der Waals surface area contributed by atoms with Crippen molar-refractivity contribution in [2.45, 2.75) is 0 Å². The number of aromatic nitrogens is 1. The zero-order valence-electron chi connectivity index (χ0n) is 7.85. The molecule has 1 aromatic carbocycles. The van der Waals surface area contributed by atoms with Gasteiger partial charge in [-0.1, -0.05) is 29.8 Å². The summed E-state index contributed by atoms with van der Waals surface area (Å²) < 4.78 is 5.51. The Kier molecular flexibility index (Phi) is 2.74. The number of para-hydroxylation sites is 1. The smallest absolute Gasteiger partial charge is 0.164 e. The van der Waals surface area contributed by atoms with E-state index in [-0.39, 0.29) is 0 Å². The first-order valence-corrected chi connectivity index (χ1v) is 4.77. The third-order valence-corrected chi connectivity index (χ3v) is 2.11. The van der Waals surface area contributed by atoms with E-state index in [1.54, 1.807) is 6.07 Å². The Morgan fingerprint density at radius 3 is 2.60 bits per heavy atom. The van der Waals surface area contributed by atoms with E-state index in [4.69, 9.17) is 22.1 Å². The van der Waals surface area contributed by atoms with Gasteiger partial charge in [0.2, 0.25) is 0 Å². The normalized spacial score (nSPS) is 9.93. The van der Waals surface area contributed by atoms with E-state index < -0.39 is 0 Å². The molecule has 0 unspecified atom stereocenters. The molecule has 76 valence electrons. The quantitative estimate of drug-likeness (QED) is 0.846. The van der Waals surface area contributed by atoms with Crippen LogP contribution in [0.25, 0.3) is 0 Å². The van der Waals surface area contributed by atoms with Gasteiger partial charge in [-0.15, -0.1) is 0 Å². The van der Waals surface area contributed by atoms with Gasteiger partial charge in [0, 0.05) is 6.07 Å². The van der Waals surface area contributed by atoms with E-state index >= 15 is 0 Å². The molecule has 2 N–H and O–H groups in total. The zero-order chi connectivity index (χ0) is 10.7. The highest BCUT2D eigenvalue weighted by atomic mass is 35.5. The number of nitrogens with two attached hydrogens (primary N) is 1. The molecule has 1 heterocycles. The monoisotopic (exact) mass is 220 g/mol. The number of hydrogen-bond acceptors (Lipinski definition) is 3. The van der Waals surface area contributed by atoms with Crippen LogP contribution in [0.1, 0.15) is 0 Å². The molecule has 1 aromatic heterocycles. The van der Waals surface area contributed by atoms with Crippen LogP contribution in [0.2, 0.25) is 5.02 Å². The fourth-order valence-electron chi connectivity index (χ4n) is 1.12. The molecule has 3 nitrogen and oxygen atoms in total. The highest BCUT2D eigenvalue weighted by Crippen LogP contribution is 2.29. The molecule has 0 aliphatic carbocycles. The van der Waals surface area contributed by atoms with Gasteiger partial charge in [-0.2, -0.15) is 0 Å². The van der Waals surface area contributed by atoms with E-state index in [0.717, 1.165) is 0 Å². The number of anilines is 1. The van der Waals surface area contributed by atoms with Crippen LogP contribution in [0.3, 0.4) is 0 Å². The average Bonchev–Trinajstić information content (AvgIpc) is 2.24. The van der Waals surface area contributed by atoms with E-state index in [9.17, 15) is 0 Å². The topological polar surface area (TPSA) is 48.1 Å². The second kappa shape index (κ2) is 4.19. The lowest BCUT2D eigenvalue weighted by atomic mass is 10.3. The van der Waals surface area contributed by atoms with Gasteiger partial charge in [-0.05, 0) is 12.1 Å². The van der Waals surface area contributed by atoms with Crippen LogP contribution in [-0.2, 0) is 0 Å². The summed E-state index contributed by atoms with van der Waals surface area (Å²) in [5.41, 5.74) is 5.47. The van der Waals surface area contributed by atoms with Crippen molar-refractivity contribution < 1.29 is 4.74 Å². The molecular formula is C11H9ClN2O. The summed E-state index contributed by atoms with van der Waals surface area (Å²) in [6.45, 7) is 0. The Bertz CT molecular complexity index is 459. The maximum atomic E-state index is 5.93. The van der Waals surface area contributed by atoms with E-state index in [1.807, 2.05) is 30.3 Å². The molecule has 4 heteroatoms. The maximum absolute atomic E-state index is 5.93. The summed E-state index contributed by atoms with van der Waals surface area (Å²) in [4.78, 5) is 3.90. The summed E-state index contributed by atoms with van der Waals surface area (Å²) >= 11 is 5.93. The number of pyridine rings is 1. The Labute approximate surface area is 92.5 Å². The van der Waals surface area contributed by atoms with Crippen LogP contribution in [0.4, 0.5) is 5.82 Å². The van der Waals surface area contributed by atoms with E-state index in [2.05, 4.69) is 4.98 Å². The summed E-state index contributed by atoms with van der Waals surface area (Å²) in [7, 11) is 0. The summed E-state index contributed by atoms with van der Waals surface area (Å²) in [6, 6.07) is 10.9. The van der Waals surface area contributed by atoms with Crippen molar-refractivity contribution in [3.63, 3.8) is 0 Å². The van der Waals surface area contributed by atoms with Crippen LogP contribution >= 0.6 is 11.6 Å². The second-order valence-electron chi connectivity index (χ2n) is 2.95. The second-order valence-corrected chi connectivity index (χ2v) is 3.36. The van der Waals surface area contributed by atoms with Gasteiger partial charge in [0.15, 0.2) is 5.75 Å². The number of benzene rings is 1. The molecule has 15 heavy (non-hydrogen) atoms. The number of nitrogens with zero attached hydrogens (tertiary/aromatic N) is 1. The highest BCUT2D eigenvalue weighted by molar-refractivity contribution is 6.32. The fraction of sp³-hybridized carbons (Fsp3) is 0. The Morgan fingerprint density at radius 1 is 1.20 bits per heavy atom. The van der Waals surface area contributed by atoms with Crippen LogP contribution in [0.15, 0.2) is 42.6 Å². The van der Waals surface area contributed by atoms with Gasteiger partial charge in [-0.3, -0.25) is 0 Å². The minimum Gasteiger partial charge on any atom is -0.454 e. The van der Waals surface area contributed by atoms with Gasteiger partial charge >= 0.3 is 0 Å². The molecule has 0 aliphatic rings. The molecule has 0 saturated carbocycles. The highest BCUT2D eigenvalue weighted by Gasteiger charge is 2.03. The van der Waals surface area contributed by atoms with Crippen molar-refractivity contribution in [1.82, 2.24) is 4.98 Å². The van der Waals surface area contributed by atoms with E-state index in [1.165, 1.54) is 6.20 Å². The summed E-state index contributed by atoms with van der Waals surface area (Å²) in [6.07, 6.45) is 1.50. The molecule has 2 rings (SSSR count). The number of halogens is 1. The standard InChI is InChI=1S/C11H9ClN2O/c12-9-6-11(13)14-7-10(9)15-8-4-2-1-3-5-8/h1-7H,(H2,13,14). The molecule has 0 atom stereocenters. The van der Waals surface area contributed by atoms with Gasteiger partial charge in [0.1, 0.15) is 11.6 Å². The third kappa shape index (κ3) is 2.39. The molecule has 2 aromatic rings. The first-order valence-electron chi connectivity index (χ1n) is 4.39. The van der Waals surface area contributed by atoms with Crippen LogP contribution < -0.4 is 10.5 Å². The minimum atomic E-state index is 0.375. The van der Waals surface area contributed by atoms with Crippen molar-refractivity contribution in [3.05, 3.63) is 47.6 Å². The lowest BCUT2D eigenvalue weighted by molar-refractivity contribution is 0.481. The Morgan fingerprint density at radius 2 is 1.93 bits per heavy atom. The summed E-state index contributed by atoms with van der Waals surface area (Å²) in [5.74, 6) is 1.59. The molecule has 0 saturated heterocycles. The van der Waals surface area contributed by atoms with Crippen LogP contribution in [-0.4, -0.2) is 4.98 Å². The number of rotatable bonds is 2. The number of ether oxygens (including phenoxy) is 1. The molecule has 0 spiro atoms. The molecule has 0 fully saturated rings. The molecule has 0 bridgehead atoms. The number of nitrogen functional groups attached to an aromatic ring is 1. The van der Waals surface area contributed by atoms with Gasteiger partial charge in [-0.25, -0.2) is 4.98 Å². The van der Waals surface area contributed by atoms with Gasteiger partial charge in [0.25, 0.3) is 0 Å². The lowest BCUT2D eigenvalue weighted by Gasteiger charge is -2.06. The summed E-state index contributed by atoms with van der Waals surface area (Å²) in [5, 5.41) is 0.450. The average molecular weight is 221 g/mol. The van der Waals surface area contributed by atoms with Crippen molar-refractivity contribution >= 4 is 17.4 Å². The predicted molar refractivity (Wildman–Crippen MR) is 60.2 cm³/mol. The predicted octanol–water partition coefficient (Wildman–Crippen LogP) is 3.11. The Balaban J connectivity index is 2.25. The van der Waals surface area contributed by atoms with Crippen LogP contribution in [0.5, 0.6) is 11.5 Å². The Hall–Kier alpha value is -1.74. The third-order valence-electron chi connectivity index (χ3n) is 1.81. The first-order chi connectivity index (χ1) is 7.25.